The summed E-state index contributed by atoms with van der Waals surface area (Å²) in [6.07, 6.45) is 2.46. The Balaban J connectivity index is 2.31. The van der Waals surface area contributed by atoms with Crippen molar-refractivity contribution >= 4 is 17.5 Å². The van der Waals surface area contributed by atoms with Crippen LogP contribution in [0.25, 0.3) is 0 Å². The summed E-state index contributed by atoms with van der Waals surface area (Å²) in [6.45, 7) is 2.55. The Morgan fingerprint density at radius 3 is 2.95 bits per heavy atom. The lowest BCUT2D eigenvalue weighted by Gasteiger charge is -2.23. The van der Waals surface area contributed by atoms with Crippen molar-refractivity contribution < 1.29 is 14.8 Å². The molecule has 19 heavy (non-hydrogen) atoms. The molecule has 1 atom stereocenters. The summed E-state index contributed by atoms with van der Waals surface area (Å²) in [5.41, 5.74) is -0.912. The number of carboxylic acid groups (broad SMARTS) is 1. The van der Waals surface area contributed by atoms with Gasteiger partial charge >= 0.3 is 11.7 Å². The van der Waals surface area contributed by atoms with Crippen LogP contribution in [0, 0.1) is 15.5 Å². The molecule has 0 amide bonds. The van der Waals surface area contributed by atoms with E-state index in [0.717, 1.165) is 0 Å². The van der Waals surface area contributed by atoms with Crippen LogP contribution in [0.2, 0.25) is 0 Å². The van der Waals surface area contributed by atoms with E-state index in [1.54, 1.807) is 4.90 Å². The van der Waals surface area contributed by atoms with Gasteiger partial charge in [-0.3, -0.25) is 14.9 Å². The van der Waals surface area contributed by atoms with Gasteiger partial charge in [-0.25, -0.2) is 4.98 Å². The molecule has 1 fully saturated rings. The average molecular weight is 265 g/mol. The largest absolute Gasteiger partial charge is 0.481 e. The fourth-order valence-corrected chi connectivity index (χ4v) is 2.44. The molecule has 0 radical (unpaired) electrons. The van der Waals surface area contributed by atoms with Gasteiger partial charge in [0.2, 0.25) is 5.82 Å². The third kappa shape index (κ3) is 2.23. The molecule has 1 aliphatic rings. The van der Waals surface area contributed by atoms with Gasteiger partial charge in [0.05, 0.1) is 10.3 Å². The minimum Gasteiger partial charge on any atom is -0.481 e. The second kappa shape index (κ2) is 4.83. The molecule has 1 saturated heterocycles. The summed E-state index contributed by atoms with van der Waals surface area (Å²) in [5.74, 6) is -0.597. The van der Waals surface area contributed by atoms with Crippen LogP contribution in [0.5, 0.6) is 0 Å². The lowest BCUT2D eigenvalue weighted by Crippen LogP contribution is -2.34. The molecule has 1 N–H and O–H groups in total. The van der Waals surface area contributed by atoms with Gasteiger partial charge in [-0.15, -0.1) is 0 Å². The van der Waals surface area contributed by atoms with Gasteiger partial charge in [-0.05, 0) is 18.9 Å². The minimum absolute atomic E-state index is 0.0835. The molecule has 0 aromatic carbocycles. The first-order chi connectivity index (χ1) is 9.00. The monoisotopic (exact) mass is 265 g/mol. The van der Waals surface area contributed by atoms with Gasteiger partial charge in [0, 0.05) is 25.4 Å². The molecule has 0 spiro atoms. The molecule has 2 heterocycles. The summed E-state index contributed by atoms with van der Waals surface area (Å²) < 4.78 is 0. The molecule has 0 saturated carbocycles. The third-order valence-electron chi connectivity index (χ3n) is 3.75. The van der Waals surface area contributed by atoms with Gasteiger partial charge in [-0.2, -0.15) is 0 Å². The molecule has 102 valence electrons. The number of aromatic nitrogens is 1. The quantitative estimate of drug-likeness (QED) is 0.657. The third-order valence-corrected chi connectivity index (χ3v) is 3.75. The number of carboxylic acids is 1. The summed E-state index contributed by atoms with van der Waals surface area (Å²) in [5, 5.41) is 20.3. The molecular weight excluding hydrogens is 250 g/mol. The molecule has 0 aliphatic carbocycles. The van der Waals surface area contributed by atoms with E-state index in [4.69, 9.17) is 0 Å². The van der Waals surface area contributed by atoms with Crippen LogP contribution in [0.3, 0.4) is 0 Å². The number of rotatable bonds is 4. The summed E-state index contributed by atoms with van der Waals surface area (Å²) in [7, 11) is 0. The molecular formula is C12H15N3O4. The topological polar surface area (TPSA) is 96.6 Å². The van der Waals surface area contributed by atoms with Crippen LogP contribution in [-0.2, 0) is 4.79 Å². The smallest absolute Gasteiger partial charge is 0.311 e. The molecule has 1 aromatic rings. The first-order valence-corrected chi connectivity index (χ1v) is 6.08. The number of hydrogen-bond donors (Lipinski definition) is 1. The number of nitrogens with zero attached hydrogens (tertiary/aromatic N) is 3. The normalized spacial score (nSPS) is 22.5. The lowest BCUT2D eigenvalue weighted by atomic mass is 9.84. The van der Waals surface area contributed by atoms with Gasteiger partial charge in [0.25, 0.3) is 0 Å². The number of pyridine rings is 1. The van der Waals surface area contributed by atoms with Crippen LogP contribution >= 0.6 is 0 Å². The second-order valence-corrected chi connectivity index (χ2v) is 4.71. The van der Waals surface area contributed by atoms with Crippen molar-refractivity contribution in [3.63, 3.8) is 0 Å². The predicted octanol–water partition coefficient (Wildman–Crippen LogP) is 1.68. The maximum absolute atomic E-state index is 11.4. The fraction of sp³-hybridized carbons (Fsp3) is 0.500. The highest BCUT2D eigenvalue weighted by Crippen LogP contribution is 2.38. The molecule has 1 aliphatic heterocycles. The van der Waals surface area contributed by atoms with E-state index in [1.807, 2.05) is 6.92 Å². The van der Waals surface area contributed by atoms with Gasteiger partial charge < -0.3 is 10.0 Å². The Hall–Kier alpha value is -2.18. The molecule has 7 nitrogen and oxygen atoms in total. The van der Waals surface area contributed by atoms with E-state index in [1.165, 1.54) is 18.3 Å². The van der Waals surface area contributed by atoms with Gasteiger partial charge in [0.15, 0.2) is 0 Å². The highest BCUT2D eigenvalue weighted by Gasteiger charge is 2.44. The molecule has 0 bridgehead atoms. The van der Waals surface area contributed by atoms with Crippen molar-refractivity contribution in [2.24, 2.45) is 5.41 Å². The van der Waals surface area contributed by atoms with Crippen LogP contribution < -0.4 is 4.90 Å². The molecule has 2 rings (SSSR count). The molecule has 1 aromatic heterocycles. The van der Waals surface area contributed by atoms with Crippen LogP contribution in [0.1, 0.15) is 19.8 Å². The van der Waals surface area contributed by atoms with Crippen molar-refractivity contribution in [1.29, 1.82) is 0 Å². The molecule has 1 unspecified atom stereocenters. The Kier molecular flexibility index (Phi) is 3.37. The van der Waals surface area contributed by atoms with E-state index >= 15 is 0 Å². The summed E-state index contributed by atoms with van der Waals surface area (Å²) in [4.78, 5) is 27.6. The highest BCUT2D eigenvalue weighted by molar-refractivity contribution is 5.77. The van der Waals surface area contributed by atoms with Crippen molar-refractivity contribution in [3.05, 3.63) is 28.4 Å². The van der Waals surface area contributed by atoms with Crippen molar-refractivity contribution in [3.8, 4) is 0 Å². The SMILES string of the molecule is CCC1(C(=O)O)CCN(c2ncccc2[N+](=O)[O-])C1. The Morgan fingerprint density at radius 1 is 1.68 bits per heavy atom. The second-order valence-electron chi connectivity index (χ2n) is 4.71. The van der Waals surface area contributed by atoms with Crippen molar-refractivity contribution in [2.45, 2.75) is 19.8 Å². The Morgan fingerprint density at radius 2 is 2.42 bits per heavy atom. The van der Waals surface area contributed by atoms with E-state index < -0.39 is 16.3 Å². The number of anilines is 1. The number of carbonyl (C=O) groups is 1. The van der Waals surface area contributed by atoms with E-state index in [2.05, 4.69) is 4.98 Å². The first-order valence-electron chi connectivity index (χ1n) is 6.08. The predicted molar refractivity (Wildman–Crippen MR) is 68.1 cm³/mol. The highest BCUT2D eigenvalue weighted by atomic mass is 16.6. The average Bonchev–Trinajstić information content (AvgIpc) is 2.84. The molecule has 7 heteroatoms. The van der Waals surface area contributed by atoms with Gasteiger partial charge in [-0.1, -0.05) is 6.92 Å². The first kappa shape index (κ1) is 13.3. The zero-order valence-corrected chi connectivity index (χ0v) is 10.6. The van der Waals surface area contributed by atoms with Crippen LogP contribution in [0.15, 0.2) is 18.3 Å². The van der Waals surface area contributed by atoms with E-state index in [0.29, 0.717) is 19.4 Å². The maximum Gasteiger partial charge on any atom is 0.311 e. The number of nitro groups is 1. The van der Waals surface area contributed by atoms with Crippen LogP contribution in [0.4, 0.5) is 11.5 Å². The summed E-state index contributed by atoms with van der Waals surface area (Å²) >= 11 is 0. The zero-order chi connectivity index (χ0) is 14.0. The standard InChI is InChI=1S/C12H15N3O4/c1-2-12(11(16)17)5-7-14(8-12)10-9(15(18)19)4-3-6-13-10/h3-4,6H,2,5,7-8H2,1H3,(H,16,17). The number of aliphatic carboxylic acids is 1. The summed E-state index contributed by atoms with van der Waals surface area (Å²) in [6, 6.07) is 2.89. The van der Waals surface area contributed by atoms with Crippen molar-refractivity contribution in [2.75, 3.05) is 18.0 Å². The van der Waals surface area contributed by atoms with Crippen LogP contribution in [-0.4, -0.2) is 34.1 Å². The van der Waals surface area contributed by atoms with E-state index in [-0.39, 0.29) is 18.1 Å². The number of hydrogen-bond acceptors (Lipinski definition) is 5. The van der Waals surface area contributed by atoms with E-state index in [9.17, 15) is 20.0 Å². The Labute approximate surface area is 110 Å². The fourth-order valence-electron chi connectivity index (χ4n) is 2.44. The van der Waals surface area contributed by atoms with Crippen molar-refractivity contribution in [1.82, 2.24) is 4.98 Å². The Bertz CT molecular complexity index is 519. The maximum atomic E-state index is 11.4. The lowest BCUT2D eigenvalue weighted by molar-refractivity contribution is -0.384. The van der Waals surface area contributed by atoms with Gasteiger partial charge in [0.1, 0.15) is 0 Å². The zero-order valence-electron chi connectivity index (χ0n) is 10.6. The minimum atomic E-state index is -0.851.